The molecule has 1 unspecified atom stereocenters. The molecule has 0 spiro atoms. The summed E-state index contributed by atoms with van der Waals surface area (Å²) in [6.45, 7) is 2.55. The van der Waals surface area contributed by atoms with Crippen molar-refractivity contribution in [3.05, 3.63) is 36.4 Å². The summed E-state index contributed by atoms with van der Waals surface area (Å²) >= 11 is 0. The van der Waals surface area contributed by atoms with Crippen LogP contribution in [0.2, 0.25) is 0 Å². The Labute approximate surface area is 101 Å². The van der Waals surface area contributed by atoms with E-state index < -0.39 is 0 Å². The Morgan fingerprint density at radius 1 is 1.12 bits per heavy atom. The van der Waals surface area contributed by atoms with Crippen LogP contribution in [0.25, 0.3) is 10.8 Å². The molecule has 0 fully saturated rings. The lowest BCUT2D eigenvalue weighted by molar-refractivity contribution is 0.0931. The minimum absolute atomic E-state index is 0.0204. The summed E-state index contributed by atoms with van der Waals surface area (Å²) in [5.41, 5.74) is 6.71. The van der Waals surface area contributed by atoms with Gasteiger partial charge in [0.1, 0.15) is 11.9 Å². The average Bonchev–Trinajstić information content (AvgIpc) is 2.34. The molecule has 0 aromatic heterocycles. The van der Waals surface area contributed by atoms with Crippen LogP contribution >= 0.6 is 0 Å². The molecular weight excluding hydrogens is 214 g/mol. The zero-order valence-corrected chi connectivity index (χ0v) is 10.1. The third kappa shape index (κ3) is 2.50. The highest BCUT2D eigenvalue weighted by atomic mass is 16.5. The quantitative estimate of drug-likeness (QED) is 0.823. The minimum Gasteiger partial charge on any atom is -0.488 e. The molecule has 2 aromatic carbocycles. The van der Waals surface area contributed by atoms with Gasteiger partial charge in [0.2, 0.25) is 0 Å². The highest BCUT2D eigenvalue weighted by molar-refractivity contribution is 5.96. The van der Waals surface area contributed by atoms with Gasteiger partial charge >= 0.3 is 0 Å². The van der Waals surface area contributed by atoms with Crippen LogP contribution < -0.4 is 10.5 Å². The highest BCUT2D eigenvalue weighted by Gasteiger charge is 2.08. The van der Waals surface area contributed by atoms with E-state index in [4.69, 9.17) is 15.2 Å². The standard InChI is InChI=1S/C14H17NO2/c1-10(9-16-2)17-14-8-7-13(15)11-5-3-4-6-12(11)14/h3-8,10H,9,15H2,1-2H3. The van der Waals surface area contributed by atoms with Crippen molar-refractivity contribution < 1.29 is 9.47 Å². The van der Waals surface area contributed by atoms with Crippen molar-refractivity contribution in [2.75, 3.05) is 19.5 Å². The molecule has 0 saturated heterocycles. The van der Waals surface area contributed by atoms with Crippen LogP contribution in [0.5, 0.6) is 5.75 Å². The average molecular weight is 231 g/mol. The first-order chi connectivity index (χ1) is 8.22. The molecule has 17 heavy (non-hydrogen) atoms. The molecular formula is C14H17NO2. The van der Waals surface area contributed by atoms with E-state index in [0.717, 1.165) is 22.2 Å². The van der Waals surface area contributed by atoms with Crippen LogP contribution in [0.1, 0.15) is 6.92 Å². The second-order valence-corrected chi connectivity index (χ2v) is 4.08. The van der Waals surface area contributed by atoms with Gasteiger partial charge in [-0.05, 0) is 19.1 Å². The molecule has 1 atom stereocenters. The lowest BCUT2D eigenvalue weighted by Crippen LogP contribution is -2.18. The Morgan fingerprint density at radius 2 is 1.82 bits per heavy atom. The second-order valence-electron chi connectivity index (χ2n) is 4.08. The number of fused-ring (bicyclic) bond motifs is 1. The van der Waals surface area contributed by atoms with E-state index in [1.165, 1.54) is 0 Å². The van der Waals surface area contributed by atoms with Gasteiger partial charge in [0.05, 0.1) is 6.61 Å². The van der Waals surface area contributed by atoms with Gasteiger partial charge in [0, 0.05) is 23.6 Å². The molecule has 2 N–H and O–H groups in total. The summed E-state index contributed by atoms with van der Waals surface area (Å²) in [4.78, 5) is 0. The topological polar surface area (TPSA) is 44.5 Å². The van der Waals surface area contributed by atoms with Crippen LogP contribution in [0, 0.1) is 0 Å². The van der Waals surface area contributed by atoms with Gasteiger partial charge in [-0.15, -0.1) is 0 Å². The van der Waals surface area contributed by atoms with Crippen molar-refractivity contribution in [2.24, 2.45) is 0 Å². The fraction of sp³-hybridized carbons (Fsp3) is 0.286. The van der Waals surface area contributed by atoms with E-state index in [9.17, 15) is 0 Å². The van der Waals surface area contributed by atoms with Crippen molar-refractivity contribution >= 4 is 16.5 Å². The smallest absolute Gasteiger partial charge is 0.127 e. The predicted octanol–water partition coefficient (Wildman–Crippen LogP) is 2.84. The fourth-order valence-corrected chi connectivity index (χ4v) is 1.88. The Hall–Kier alpha value is -1.74. The molecule has 0 amide bonds. The summed E-state index contributed by atoms with van der Waals surface area (Å²) in [5.74, 6) is 0.847. The van der Waals surface area contributed by atoms with Crippen molar-refractivity contribution in [3.8, 4) is 5.75 Å². The maximum Gasteiger partial charge on any atom is 0.127 e. The monoisotopic (exact) mass is 231 g/mol. The molecule has 0 aliphatic carbocycles. The summed E-state index contributed by atoms with van der Waals surface area (Å²) in [7, 11) is 1.67. The number of nitrogens with two attached hydrogens (primary N) is 1. The maximum atomic E-state index is 5.93. The molecule has 0 saturated carbocycles. The summed E-state index contributed by atoms with van der Waals surface area (Å²) in [6.07, 6.45) is 0.0204. The third-order valence-corrected chi connectivity index (χ3v) is 2.65. The summed E-state index contributed by atoms with van der Waals surface area (Å²) in [5, 5.41) is 2.06. The van der Waals surface area contributed by atoms with E-state index in [1.54, 1.807) is 7.11 Å². The van der Waals surface area contributed by atoms with Crippen LogP contribution in [-0.2, 0) is 4.74 Å². The van der Waals surface area contributed by atoms with Crippen molar-refractivity contribution in [1.29, 1.82) is 0 Å². The number of nitrogen functional groups attached to an aromatic ring is 1. The number of benzene rings is 2. The zero-order chi connectivity index (χ0) is 12.3. The van der Waals surface area contributed by atoms with Gasteiger partial charge in [0.25, 0.3) is 0 Å². The zero-order valence-electron chi connectivity index (χ0n) is 10.1. The first-order valence-electron chi connectivity index (χ1n) is 5.65. The molecule has 3 nitrogen and oxygen atoms in total. The van der Waals surface area contributed by atoms with E-state index in [1.807, 2.05) is 43.3 Å². The number of anilines is 1. The van der Waals surface area contributed by atoms with Crippen LogP contribution in [0.4, 0.5) is 5.69 Å². The molecule has 90 valence electrons. The van der Waals surface area contributed by atoms with Crippen molar-refractivity contribution in [1.82, 2.24) is 0 Å². The Morgan fingerprint density at radius 3 is 2.53 bits per heavy atom. The first-order valence-corrected chi connectivity index (χ1v) is 5.65. The molecule has 0 aliphatic rings. The Bertz CT molecular complexity index is 511. The predicted molar refractivity (Wildman–Crippen MR) is 70.3 cm³/mol. The molecule has 2 aromatic rings. The van der Waals surface area contributed by atoms with E-state index in [-0.39, 0.29) is 6.10 Å². The number of hydrogen-bond donors (Lipinski definition) is 1. The summed E-state index contributed by atoms with van der Waals surface area (Å²) in [6, 6.07) is 11.7. The largest absolute Gasteiger partial charge is 0.488 e. The molecule has 0 bridgehead atoms. The molecule has 0 radical (unpaired) electrons. The van der Waals surface area contributed by atoms with Gasteiger partial charge in [-0.2, -0.15) is 0 Å². The number of methoxy groups -OCH3 is 1. The van der Waals surface area contributed by atoms with Gasteiger partial charge in [-0.1, -0.05) is 24.3 Å². The molecule has 0 heterocycles. The summed E-state index contributed by atoms with van der Waals surface area (Å²) < 4.78 is 10.9. The normalized spacial score (nSPS) is 12.6. The van der Waals surface area contributed by atoms with Crippen molar-refractivity contribution in [2.45, 2.75) is 13.0 Å². The highest BCUT2D eigenvalue weighted by Crippen LogP contribution is 2.30. The SMILES string of the molecule is COCC(C)Oc1ccc(N)c2ccccc12. The fourth-order valence-electron chi connectivity index (χ4n) is 1.88. The van der Waals surface area contributed by atoms with E-state index >= 15 is 0 Å². The Balaban J connectivity index is 2.38. The lowest BCUT2D eigenvalue weighted by Gasteiger charge is -2.16. The molecule has 0 aliphatic heterocycles. The van der Waals surface area contributed by atoms with Crippen LogP contribution in [-0.4, -0.2) is 19.8 Å². The van der Waals surface area contributed by atoms with Gasteiger partial charge in [0.15, 0.2) is 0 Å². The Kier molecular flexibility index (Phi) is 3.49. The third-order valence-electron chi connectivity index (χ3n) is 2.65. The van der Waals surface area contributed by atoms with Crippen molar-refractivity contribution in [3.63, 3.8) is 0 Å². The number of rotatable bonds is 4. The van der Waals surface area contributed by atoms with E-state index in [0.29, 0.717) is 6.61 Å². The number of hydrogen-bond acceptors (Lipinski definition) is 3. The molecule has 2 rings (SSSR count). The van der Waals surface area contributed by atoms with Gasteiger partial charge in [-0.25, -0.2) is 0 Å². The van der Waals surface area contributed by atoms with Crippen LogP contribution in [0.15, 0.2) is 36.4 Å². The minimum atomic E-state index is 0.0204. The molecule has 3 heteroatoms. The second kappa shape index (κ2) is 5.06. The number of ether oxygens (including phenoxy) is 2. The lowest BCUT2D eigenvalue weighted by atomic mass is 10.1. The van der Waals surface area contributed by atoms with E-state index in [2.05, 4.69) is 0 Å². The van der Waals surface area contributed by atoms with Gasteiger partial charge < -0.3 is 15.2 Å². The van der Waals surface area contributed by atoms with Gasteiger partial charge in [-0.3, -0.25) is 0 Å². The maximum absolute atomic E-state index is 5.93. The first kappa shape index (κ1) is 11.7. The van der Waals surface area contributed by atoms with Crippen LogP contribution in [0.3, 0.4) is 0 Å².